The summed E-state index contributed by atoms with van der Waals surface area (Å²) in [5, 5.41) is 0.524. The predicted molar refractivity (Wildman–Crippen MR) is 43.8 cm³/mol. The van der Waals surface area contributed by atoms with E-state index >= 15 is 0 Å². The first-order chi connectivity index (χ1) is 5.25. The number of nitrogens with zero attached hydrogens (tertiary/aromatic N) is 2. The Hall–Kier alpha value is -0.540. The fourth-order valence-corrected chi connectivity index (χ4v) is 1.02. The lowest BCUT2D eigenvalue weighted by Gasteiger charge is -2.00. The smallest absolute Gasteiger partial charge is 0.202 e. The Balaban J connectivity index is 2.63. The second kappa shape index (κ2) is 3.74. The molecule has 0 bridgehead atoms. The van der Waals surface area contributed by atoms with Crippen LogP contribution in [0.2, 0.25) is 5.28 Å². The molecule has 3 nitrogen and oxygen atoms in total. The van der Waals surface area contributed by atoms with Gasteiger partial charge in [0, 0.05) is 32.5 Å². The fraction of sp³-hybridized carbons (Fsp3) is 0.571. The van der Waals surface area contributed by atoms with E-state index in [4.69, 9.17) is 16.3 Å². The number of methoxy groups -OCH3 is 1. The van der Waals surface area contributed by atoms with Crippen LogP contribution in [0.5, 0.6) is 0 Å². The van der Waals surface area contributed by atoms with Crippen molar-refractivity contribution in [2.24, 2.45) is 7.05 Å². The Kier molecular flexibility index (Phi) is 2.91. The summed E-state index contributed by atoms with van der Waals surface area (Å²) in [5.74, 6) is 0. The summed E-state index contributed by atoms with van der Waals surface area (Å²) < 4.78 is 6.77. The van der Waals surface area contributed by atoms with Gasteiger partial charge < -0.3 is 9.30 Å². The minimum atomic E-state index is 0.524. The predicted octanol–water partition coefficient (Wildman–Crippen LogP) is 1.26. The second-order valence-corrected chi connectivity index (χ2v) is 2.66. The molecule has 11 heavy (non-hydrogen) atoms. The first-order valence-corrected chi connectivity index (χ1v) is 3.78. The van der Waals surface area contributed by atoms with Gasteiger partial charge in [0.05, 0.1) is 6.61 Å². The molecule has 0 saturated carbocycles. The molecular formula is C7H11ClN2O. The van der Waals surface area contributed by atoms with Crippen molar-refractivity contribution >= 4 is 11.6 Å². The van der Waals surface area contributed by atoms with Crippen LogP contribution >= 0.6 is 11.6 Å². The van der Waals surface area contributed by atoms with Crippen LogP contribution < -0.4 is 0 Å². The molecule has 4 heteroatoms. The number of ether oxygens (including phenoxy) is 1. The van der Waals surface area contributed by atoms with E-state index < -0.39 is 0 Å². The van der Waals surface area contributed by atoms with Crippen molar-refractivity contribution < 1.29 is 4.74 Å². The summed E-state index contributed by atoms with van der Waals surface area (Å²) in [6.45, 7) is 0.704. The largest absolute Gasteiger partial charge is 0.384 e. The van der Waals surface area contributed by atoms with Crippen LogP contribution in [0.15, 0.2) is 6.20 Å². The highest BCUT2D eigenvalue weighted by Gasteiger charge is 2.02. The molecule has 1 aromatic heterocycles. The molecule has 1 heterocycles. The Bertz CT molecular complexity index is 234. The first-order valence-electron chi connectivity index (χ1n) is 3.40. The maximum absolute atomic E-state index is 5.72. The highest BCUT2D eigenvalue weighted by molar-refractivity contribution is 6.28. The molecule has 0 aliphatic carbocycles. The van der Waals surface area contributed by atoms with E-state index in [-0.39, 0.29) is 0 Å². The highest BCUT2D eigenvalue weighted by atomic mass is 35.5. The maximum Gasteiger partial charge on any atom is 0.202 e. The molecule has 0 unspecified atom stereocenters. The number of hydrogen-bond acceptors (Lipinski definition) is 2. The van der Waals surface area contributed by atoms with Gasteiger partial charge in [-0.25, -0.2) is 4.98 Å². The number of imidazole rings is 1. The lowest BCUT2D eigenvalue weighted by Crippen LogP contribution is -2.00. The van der Waals surface area contributed by atoms with E-state index in [0.717, 1.165) is 12.1 Å². The number of aromatic nitrogens is 2. The van der Waals surface area contributed by atoms with Gasteiger partial charge in [-0.3, -0.25) is 0 Å². The van der Waals surface area contributed by atoms with Crippen molar-refractivity contribution in [2.75, 3.05) is 13.7 Å². The number of hydrogen-bond donors (Lipinski definition) is 0. The third-order valence-corrected chi connectivity index (χ3v) is 1.94. The molecule has 0 amide bonds. The molecule has 1 rings (SSSR count). The summed E-state index contributed by atoms with van der Waals surface area (Å²) in [6, 6.07) is 0. The van der Waals surface area contributed by atoms with Crippen LogP contribution in [0.3, 0.4) is 0 Å². The van der Waals surface area contributed by atoms with Crippen molar-refractivity contribution in [3.8, 4) is 0 Å². The van der Waals surface area contributed by atoms with Crippen LogP contribution in [-0.4, -0.2) is 23.3 Å². The average molecular weight is 175 g/mol. The molecule has 0 atom stereocenters. The van der Waals surface area contributed by atoms with Gasteiger partial charge in [0.15, 0.2) is 0 Å². The summed E-state index contributed by atoms with van der Waals surface area (Å²) in [7, 11) is 3.57. The van der Waals surface area contributed by atoms with E-state index in [1.54, 1.807) is 13.3 Å². The van der Waals surface area contributed by atoms with E-state index in [1.807, 2.05) is 11.6 Å². The zero-order valence-electron chi connectivity index (χ0n) is 6.67. The van der Waals surface area contributed by atoms with Gasteiger partial charge in [0.2, 0.25) is 5.28 Å². The minimum Gasteiger partial charge on any atom is -0.384 e. The van der Waals surface area contributed by atoms with Crippen LogP contribution in [0.4, 0.5) is 0 Å². The van der Waals surface area contributed by atoms with E-state index in [2.05, 4.69) is 4.98 Å². The lowest BCUT2D eigenvalue weighted by atomic mass is 10.3. The van der Waals surface area contributed by atoms with E-state index in [9.17, 15) is 0 Å². The Morgan fingerprint density at radius 3 is 2.91 bits per heavy atom. The average Bonchev–Trinajstić information content (AvgIpc) is 2.31. The van der Waals surface area contributed by atoms with Gasteiger partial charge in [0.25, 0.3) is 0 Å². The van der Waals surface area contributed by atoms with Crippen molar-refractivity contribution in [2.45, 2.75) is 6.42 Å². The normalized spacial score (nSPS) is 10.5. The zero-order valence-corrected chi connectivity index (χ0v) is 7.43. The van der Waals surface area contributed by atoms with Crippen molar-refractivity contribution in [1.82, 2.24) is 9.55 Å². The van der Waals surface area contributed by atoms with Crippen molar-refractivity contribution in [3.63, 3.8) is 0 Å². The molecule has 0 radical (unpaired) electrons. The SMILES string of the molecule is COCCc1cnc(Cl)n1C. The molecule has 62 valence electrons. The Labute approximate surface area is 70.9 Å². The van der Waals surface area contributed by atoms with Crippen LogP contribution in [0, 0.1) is 0 Å². The fourth-order valence-electron chi connectivity index (χ4n) is 0.858. The summed E-state index contributed by atoms with van der Waals surface area (Å²) in [4.78, 5) is 3.94. The standard InChI is InChI=1S/C7H11ClN2O/c1-10-6(3-4-11-2)5-9-7(10)8/h5H,3-4H2,1-2H3. The molecule has 0 spiro atoms. The molecule has 0 aliphatic heterocycles. The molecule has 0 aliphatic rings. The van der Waals surface area contributed by atoms with Crippen LogP contribution in [0.1, 0.15) is 5.69 Å². The maximum atomic E-state index is 5.72. The van der Waals surface area contributed by atoms with Gasteiger partial charge in [-0.05, 0) is 11.6 Å². The molecule has 0 N–H and O–H groups in total. The molecule has 0 aromatic carbocycles. The van der Waals surface area contributed by atoms with E-state index in [0.29, 0.717) is 11.9 Å². The number of halogens is 1. The highest BCUT2D eigenvalue weighted by Crippen LogP contribution is 2.08. The minimum absolute atomic E-state index is 0.524. The molecule has 0 fully saturated rings. The van der Waals surface area contributed by atoms with Crippen molar-refractivity contribution in [1.29, 1.82) is 0 Å². The first kappa shape index (κ1) is 8.56. The van der Waals surface area contributed by atoms with Gasteiger partial charge in [-0.1, -0.05) is 0 Å². The molecule has 0 saturated heterocycles. The summed E-state index contributed by atoms with van der Waals surface area (Å²) >= 11 is 5.72. The second-order valence-electron chi connectivity index (χ2n) is 2.32. The Morgan fingerprint density at radius 2 is 2.45 bits per heavy atom. The topological polar surface area (TPSA) is 27.1 Å². The quantitative estimate of drug-likeness (QED) is 0.690. The monoisotopic (exact) mass is 174 g/mol. The molecular weight excluding hydrogens is 164 g/mol. The van der Waals surface area contributed by atoms with Crippen molar-refractivity contribution in [3.05, 3.63) is 17.2 Å². The summed E-state index contributed by atoms with van der Waals surface area (Å²) in [6.07, 6.45) is 2.62. The third kappa shape index (κ3) is 1.94. The molecule has 1 aromatic rings. The van der Waals surface area contributed by atoms with Crippen LogP contribution in [0.25, 0.3) is 0 Å². The Morgan fingerprint density at radius 1 is 1.73 bits per heavy atom. The van der Waals surface area contributed by atoms with Gasteiger partial charge in [-0.15, -0.1) is 0 Å². The zero-order chi connectivity index (χ0) is 8.27. The third-order valence-electron chi connectivity index (χ3n) is 1.59. The van der Waals surface area contributed by atoms with Gasteiger partial charge in [-0.2, -0.15) is 0 Å². The van der Waals surface area contributed by atoms with E-state index in [1.165, 1.54) is 0 Å². The van der Waals surface area contributed by atoms with Crippen LogP contribution in [-0.2, 0) is 18.2 Å². The lowest BCUT2D eigenvalue weighted by molar-refractivity contribution is 0.201. The summed E-state index contributed by atoms with van der Waals surface area (Å²) in [5.41, 5.74) is 1.09. The van der Waals surface area contributed by atoms with Gasteiger partial charge >= 0.3 is 0 Å². The van der Waals surface area contributed by atoms with Gasteiger partial charge in [0.1, 0.15) is 0 Å². The number of rotatable bonds is 3.